The number of hydrogen-bond donors (Lipinski definition) is 2. The molecule has 0 radical (unpaired) electrons. The van der Waals surface area contributed by atoms with Gasteiger partial charge in [-0.2, -0.15) is 0 Å². The number of anilines is 1. The second-order valence-corrected chi connectivity index (χ2v) is 6.49. The summed E-state index contributed by atoms with van der Waals surface area (Å²) in [6.45, 7) is 4.13. The fourth-order valence-corrected chi connectivity index (χ4v) is 3.13. The van der Waals surface area contributed by atoms with Crippen LogP contribution in [-0.2, 0) is 11.3 Å². The third-order valence-electron chi connectivity index (χ3n) is 4.62. The average Bonchev–Trinajstić information content (AvgIpc) is 3.10. The number of hydrogen-bond acceptors (Lipinski definition) is 5. The smallest absolute Gasteiger partial charge is 0.255 e. The summed E-state index contributed by atoms with van der Waals surface area (Å²) in [6.07, 6.45) is 0. The van der Waals surface area contributed by atoms with Gasteiger partial charge >= 0.3 is 0 Å². The van der Waals surface area contributed by atoms with Crippen molar-refractivity contribution in [3.63, 3.8) is 0 Å². The Morgan fingerprint density at radius 3 is 2.74 bits per heavy atom. The molecule has 0 unspecified atom stereocenters. The Bertz CT molecular complexity index is 930. The molecule has 4 rings (SSSR count). The normalized spacial score (nSPS) is 15.0. The predicted octanol–water partition coefficient (Wildman–Crippen LogP) is 2.66. The minimum absolute atomic E-state index is 0.162. The van der Waals surface area contributed by atoms with Gasteiger partial charge in [-0.25, -0.2) is 4.98 Å². The Kier molecular flexibility index (Phi) is 5.04. The van der Waals surface area contributed by atoms with Gasteiger partial charge in [-0.15, -0.1) is 0 Å². The highest BCUT2D eigenvalue weighted by molar-refractivity contribution is 6.05. The Morgan fingerprint density at radius 2 is 2.00 bits per heavy atom. The van der Waals surface area contributed by atoms with Crippen molar-refractivity contribution in [1.82, 2.24) is 14.9 Å². The van der Waals surface area contributed by atoms with Crippen LogP contribution in [0.1, 0.15) is 16.2 Å². The van der Waals surface area contributed by atoms with Gasteiger partial charge in [0, 0.05) is 24.3 Å². The summed E-state index contributed by atoms with van der Waals surface area (Å²) in [5, 5.41) is 2.92. The van der Waals surface area contributed by atoms with E-state index in [0.717, 1.165) is 61.1 Å². The van der Waals surface area contributed by atoms with E-state index in [4.69, 9.17) is 9.47 Å². The highest BCUT2D eigenvalue weighted by atomic mass is 16.5. The average molecular weight is 366 g/mol. The van der Waals surface area contributed by atoms with E-state index >= 15 is 0 Å². The molecule has 0 aliphatic carbocycles. The minimum Gasteiger partial charge on any atom is -0.497 e. The van der Waals surface area contributed by atoms with Crippen LogP contribution in [0.15, 0.2) is 42.5 Å². The molecule has 0 bridgehead atoms. The quantitative estimate of drug-likeness (QED) is 0.726. The Morgan fingerprint density at radius 1 is 1.22 bits per heavy atom. The van der Waals surface area contributed by atoms with Crippen LogP contribution in [0.25, 0.3) is 11.0 Å². The first-order valence-electron chi connectivity index (χ1n) is 8.95. The summed E-state index contributed by atoms with van der Waals surface area (Å²) in [5.74, 6) is 1.48. The summed E-state index contributed by atoms with van der Waals surface area (Å²) in [7, 11) is 1.60. The maximum Gasteiger partial charge on any atom is 0.255 e. The number of carbonyl (C=O) groups is 1. The number of aromatic amines is 1. The maximum absolute atomic E-state index is 12.4. The first-order chi connectivity index (χ1) is 13.2. The van der Waals surface area contributed by atoms with Crippen molar-refractivity contribution in [2.45, 2.75) is 6.54 Å². The minimum atomic E-state index is -0.162. The van der Waals surface area contributed by atoms with Crippen molar-refractivity contribution < 1.29 is 14.3 Å². The lowest BCUT2D eigenvalue weighted by molar-refractivity contribution is 0.0332. The van der Waals surface area contributed by atoms with E-state index in [-0.39, 0.29) is 5.91 Å². The molecule has 1 saturated heterocycles. The van der Waals surface area contributed by atoms with E-state index in [2.05, 4.69) is 20.2 Å². The number of morpholine rings is 1. The number of carbonyl (C=O) groups excluding carboxylic acids is 1. The summed E-state index contributed by atoms with van der Waals surface area (Å²) < 4.78 is 10.5. The van der Waals surface area contributed by atoms with Crippen LogP contribution >= 0.6 is 0 Å². The standard InChI is InChI=1S/C20H22N4O3/c1-26-16-5-2-14(3-6-16)20(25)21-15-4-7-17-18(12-15)23-19(22-17)13-24-8-10-27-11-9-24/h2-7,12H,8-11,13H2,1H3,(H,21,25)(H,22,23). The fourth-order valence-electron chi connectivity index (χ4n) is 3.13. The number of ether oxygens (including phenoxy) is 2. The van der Waals surface area contributed by atoms with Crippen molar-refractivity contribution in [1.29, 1.82) is 0 Å². The highest BCUT2D eigenvalue weighted by Gasteiger charge is 2.13. The molecule has 0 saturated carbocycles. The Hall–Kier alpha value is -2.90. The number of amides is 1. The summed E-state index contributed by atoms with van der Waals surface area (Å²) >= 11 is 0. The van der Waals surface area contributed by atoms with E-state index in [0.29, 0.717) is 5.56 Å². The number of nitrogens with zero attached hydrogens (tertiary/aromatic N) is 2. The van der Waals surface area contributed by atoms with Gasteiger partial charge in [-0.1, -0.05) is 0 Å². The first-order valence-corrected chi connectivity index (χ1v) is 8.95. The molecular formula is C20H22N4O3. The lowest BCUT2D eigenvalue weighted by Gasteiger charge is -2.25. The molecule has 1 amide bonds. The Balaban J connectivity index is 1.46. The number of imidazole rings is 1. The van der Waals surface area contributed by atoms with Crippen LogP contribution in [0, 0.1) is 0 Å². The zero-order valence-corrected chi connectivity index (χ0v) is 15.2. The summed E-state index contributed by atoms with van der Waals surface area (Å²) in [6, 6.07) is 12.7. The lowest BCUT2D eigenvalue weighted by Crippen LogP contribution is -2.35. The number of fused-ring (bicyclic) bond motifs is 1. The molecule has 7 heteroatoms. The molecule has 0 atom stereocenters. The van der Waals surface area contributed by atoms with Gasteiger partial charge in [0.15, 0.2) is 0 Å². The molecule has 140 valence electrons. The monoisotopic (exact) mass is 366 g/mol. The zero-order chi connectivity index (χ0) is 18.6. The number of benzene rings is 2. The molecule has 2 heterocycles. The largest absolute Gasteiger partial charge is 0.497 e. The molecule has 2 N–H and O–H groups in total. The van der Waals surface area contributed by atoms with Gasteiger partial charge in [0.2, 0.25) is 0 Å². The summed E-state index contributed by atoms with van der Waals surface area (Å²) in [5.41, 5.74) is 3.10. The van der Waals surface area contributed by atoms with E-state index in [1.54, 1.807) is 31.4 Å². The lowest BCUT2D eigenvalue weighted by atomic mass is 10.2. The third kappa shape index (κ3) is 4.10. The van der Waals surface area contributed by atoms with Crippen molar-refractivity contribution in [3.8, 4) is 5.75 Å². The molecule has 7 nitrogen and oxygen atoms in total. The van der Waals surface area contributed by atoms with E-state index in [1.807, 2.05) is 18.2 Å². The van der Waals surface area contributed by atoms with Crippen molar-refractivity contribution in [2.75, 3.05) is 38.7 Å². The number of rotatable bonds is 5. The summed E-state index contributed by atoms with van der Waals surface area (Å²) in [4.78, 5) is 22.7. The van der Waals surface area contributed by atoms with Crippen LogP contribution in [-0.4, -0.2) is 54.2 Å². The SMILES string of the molecule is COc1ccc(C(=O)Nc2ccc3nc(CN4CCOCC4)[nH]c3c2)cc1. The van der Waals surface area contributed by atoms with Gasteiger partial charge in [0.1, 0.15) is 11.6 Å². The predicted molar refractivity (Wildman–Crippen MR) is 103 cm³/mol. The van der Waals surface area contributed by atoms with Crippen molar-refractivity contribution >= 4 is 22.6 Å². The third-order valence-corrected chi connectivity index (χ3v) is 4.62. The van der Waals surface area contributed by atoms with Crippen LogP contribution in [0.2, 0.25) is 0 Å². The molecule has 1 aliphatic heterocycles. The molecule has 2 aromatic carbocycles. The second-order valence-electron chi connectivity index (χ2n) is 6.49. The van der Waals surface area contributed by atoms with Crippen LogP contribution < -0.4 is 10.1 Å². The van der Waals surface area contributed by atoms with Crippen LogP contribution in [0.5, 0.6) is 5.75 Å². The van der Waals surface area contributed by atoms with Gasteiger partial charge < -0.3 is 19.8 Å². The molecule has 1 fully saturated rings. The second kappa shape index (κ2) is 7.77. The Labute approximate surface area is 157 Å². The van der Waals surface area contributed by atoms with Crippen molar-refractivity contribution in [2.24, 2.45) is 0 Å². The molecule has 3 aromatic rings. The van der Waals surface area contributed by atoms with Gasteiger partial charge in [-0.3, -0.25) is 9.69 Å². The fraction of sp³-hybridized carbons (Fsp3) is 0.300. The zero-order valence-electron chi connectivity index (χ0n) is 15.2. The first kappa shape index (κ1) is 17.5. The molecule has 27 heavy (non-hydrogen) atoms. The van der Waals surface area contributed by atoms with Gasteiger partial charge in [0.05, 0.1) is 37.9 Å². The topological polar surface area (TPSA) is 79.5 Å². The van der Waals surface area contributed by atoms with Crippen LogP contribution in [0.4, 0.5) is 5.69 Å². The van der Waals surface area contributed by atoms with Gasteiger partial charge in [-0.05, 0) is 42.5 Å². The molecule has 0 spiro atoms. The van der Waals surface area contributed by atoms with E-state index < -0.39 is 0 Å². The number of aromatic nitrogens is 2. The van der Waals surface area contributed by atoms with E-state index in [9.17, 15) is 4.79 Å². The number of methoxy groups -OCH3 is 1. The van der Waals surface area contributed by atoms with Crippen LogP contribution in [0.3, 0.4) is 0 Å². The van der Waals surface area contributed by atoms with Crippen molar-refractivity contribution in [3.05, 3.63) is 53.9 Å². The maximum atomic E-state index is 12.4. The number of nitrogens with one attached hydrogen (secondary N) is 2. The molecular weight excluding hydrogens is 344 g/mol. The van der Waals surface area contributed by atoms with E-state index in [1.165, 1.54) is 0 Å². The number of H-pyrrole nitrogens is 1. The van der Waals surface area contributed by atoms with Gasteiger partial charge in [0.25, 0.3) is 5.91 Å². The molecule has 1 aliphatic rings. The highest BCUT2D eigenvalue weighted by Crippen LogP contribution is 2.19. The molecule has 1 aromatic heterocycles.